The van der Waals surface area contributed by atoms with E-state index in [9.17, 15) is 9.59 Å². The van der Waals surface area contributed by atoms with Crippen molar-refractivity contribution < 1.29 is 19.1 Å². The van der Waals surface area contributed by atoms with E-state index in [-0.39, 0.29) is 17.6 Å². The highest BCUT2D eigenvalue weighted by Gasteiger charge is 2.33. The molecule has 4 rings (SSSR count). The number of aromatic nitrogens is 2. The molecule has 2 aliphatic heterocycles. The van der Waals surface area contributed by atoms with Crippen LogP contribution in [0.5, 0.6) is 0 Å². The highest BCUT2D eigenvalue weighted by molar-refractivity contribution is 5.83. The molecule has 2 aromatic rings. The number of nitrogens with one attached hydrogen (secondary N) is 1. The van der Waals surface area contributed by atoms with E-state index < -0.39 is 0 Å². The Kier molecular flexibility index (Phi) is 12.3. The monoisotopic (exact) mass is 584 g/mol. The summed E-state index contributed by atoms with van der Waals surface area (Å²) < 4.78 is 13.5. The molecule has 1 fully saturated rings. The van der Waals surface area contributed by atoms with Crippen molar-refractivity contribution in [2.75, 3.05) is 60.2 Å². The van der Waals surface area contributed by atoms with Crippen LogP contribution in [0.3, 0.4) is 0 Å². The standard InChI is InChI=1S/C32H52N6O4/c1-6-8-27-31-26-9-7-14-34-32(26)38(28(31)23-35(4)36(27)5)18-12-30(40)37-16-10-25(11-17-37)33-15-20-42-22-21-41-19-13-29(39)24(2)3/h7,9,14,24-25,27,33H,6,8,10-13,15-23H2,1-5H3. The summed E-state index contributed by atoms with van der Waals surface area (Å²) in [5.41, 5.74) is 3.68. The van der Waals surface area contributed by atoms with Gasteiger partial charge in [0.2, 0.25) is 5.91 Å². The van der Waals surface area contributed by atoms with Gasteiger partial charge >= 0.3 is 0 Å². The molecule has 1 atom stereocenters. The Morgan fingerprint density at radius 1 is 1.07 bits per heavy atom. The molecule has 0 bridgehead atoms. The van der Waals surface area contributed by atoms with Gasteiger partial charge < -0.3 is 24.3 Å². The van der Waals surface area contributed by atoms with Gasteiger partial charge in [-0.1, -0.05) is 27.2 Å². The average molecular weight is 585 g/mol. The van der Waals surface area contributed by atoms with Crippen LogP contribution in [-0.2, 0) is 32.2 Å². The highest BCUT2D eigenvalue weighted by Crippen LogP contribution is 2.40. The number of hydrogen-bond acceptors (Lipinski definition) is 8. The number of aryl methyl sites for hydroxylation is 1. The number of carbonyl (C=O) groups is 2. The normalized spacial score (nSPS) is 18.7. The predicted octanol–water partition coefficient (Wildman–Crippen LogP) is 3.79. The van der Waals surface area contributed by atoms with Gasteiger partial charge in [0, 0.05) is 87.9 Å². The Bertz CT molecular complexity index is 1160. The lowest BCUT2D eigenvalue weighted by Gasteiger charge is -2.40. The fraction of sp³-hybridized carbons (Fsp3) is 0.719. The van der Waals surface area contributed by atoms with E-state index >= 15 is 0 Å². The summed E-state index contributed by atoms with van der Waals surface area (Å²) in [5.74, 6) is 0.530. The molecular weight excluding hydrogens is 532 g/mol. The summed E-state index contributed by atoms with van der Waals surface area (Å²) in [5, 5.41) is 9.43. The number of ketones is 1. The highest BCUT2D eigenvalue weighted by atomic mass is 16.5. The second-order valence-corrected chi connectivity index (χ2v) is 12.0. The maximum atomic E-state index is 13.3. The van der Waals surface area contributed by atoms with E-state index in [2.05, 4.69) is 47.0 Å². The van der Waals surface area contributed by atoms with Crippen LogP contribution < -0.4 is 5.32 Å². The number of hydrazine groups is 1. The molecule has 0 saturated carbocycles. The first kappa shape index (κ1) is 32.5. The number of carbonyl (C=O) groups excluding carboxylic acids is 2. The lowest BCUT2D eigenvalue weighted by molar-refractivity contribution is -0.132. The fourth-order valence-electron chi connectivity index (χ4n) is 6.21. The van der Waals surface area contributed by atoms with Crippen molar-refractivity contribution in [3.63, 3.8) is 0 Å². The maximum absolute atomic E-state index is 13.3. The van der Waals surface area contributed by atoms with Crippen LogP contribution in [0.2, 0.25) is 0 Å². The summed E-state index contributed by atoms with van der Waals surface area (Å²) in [6.07, 6.45) is 6.94. The molecule has 0 aliphatic carbocycles. The number of pyridine rings is 1. The second kappa shape index (κ2) is 15.9. The van der Waals surface area contributed by atoms with Gasteiger partial charge in [0.25, 0.3) is 0 Å². The van der Waals surface area contributed by atoms with E-state index in [0.717, 1.165) is 57.5 Å². The van der Waals surface area contributed by atoms with Crippen molar-refractivity contribution >= 4 is 22.7 Å². The molecule has 2 aliphatic rings. The van der Waals surface area contributed by atoms with Gasteiger partial charge in [-0.05, 0) is 31.4 Å². The third-order valence-corrected chi connectivity index (χ3v) is 8.82. The van der Waals surface area contributed by atoms with Crippen molar-refractivity contribution in [1.82, 2.24) is 29.8 Å². The zero-order valence-corrected chi connectivity index (χ0v) is 26.4. The summed E-state index contributed by atoms with van der Waals surface area (Å²) >= 11 is 0. The Balaban J connectivity index is 1.19. The van der Waals surface area contributed by atoms with Crippen LogP contribution in [0.4, 0.5) is 0 Å². The number of likely N-dealkylation sites (tertiary alicyclic amines) is 1. The first-order valence-corrected chi connectivity index (χ1v) is 15.9. The van der Waals surface area contributed by atoms with Crippen LogP contribution in [0, 0.1) is 5.92 Å². The molecule has 1 amide bonds. The molecule has 1 unspecified atom stereocenters. The molecule has 0 radical (unpaired) electrons. The Labute approximate surface area is 251 Å². The number of hydrogen-bond donors (Lipinski definition) is 1. The SMILES string of the molecule is CCCC1c2c(n(CCC(=O)N3CCC(NCCOCCOCCC(=O)C(C)C)CC3)c3ncccc23)CN(C)N1C. The summed E-state index contributed by atoms with van der Waals surface area (Å²) in [7, 11) is 4.32. The first-order chi connectivity index (χ1) is 20.3. The fourth-order valence-corrected chi connectivity index (χ4v) is 6.21. The third kappa shape index (κ3) is 8.17. The van der Waals surface area contributed by atoms with Crippen molar-refractivity contribution in [3.05, 3.63) is 29.6 Å². The molecule has 4 heterocycles. The van der Waals surface area contributed by atoms with Crippen LogP contribution in [-0.4, -0.2) is 102 Å². The molecule has 42 heavy (non-hydrogen) atoms. The lowest BCUT2D eigenvalue weighted by atomic mass is 9.97. The molecular formula is C32H52N6O4. The zero-order valence-electron chi connectivity index (χ0n) is 26.4. The Morgan fingerprint density at radius 3 is 2.52 bits per heavy atom. The largest absolute Gasteiger partial charge is 0.379 e. The van der Waals surface area contributed by atoms with E-state index in [4.69, 9.17) is 14.5 Å². The third-order valence-electron chi connectivity index (χ3n) is 8.82. The summed E-state index contributed by atoms with van der Waals surface area (Å²) in [6, 6.07) is 4.95. The molecule has 1 saturated heterocycles. The van der Waals surface area contributed by atoms with Gasteiger partial charge in [0.05, 0.1) is 39.0 Å². The maximum Gasteiger partial charge on any atom is 0.224 e. The van der Waals surface area contributed by atoms with Crippen molar-refractivity contribution in [1.29, 1.82) is 0 Å². The minimum absolute atomic E-state index is 0.0676. The average Bonchev–Trinajstić information content (AvgIpc) is 3.30. The van der Waals surface area contributed by atoms with Crippen molar-refractivity contribution in [2.45, 2.75) is 84.5 Å². The number of rotatable bonds is 16. The zero-order chi connectivity index (χ0) is 30.1. The predicted molar refractivity (Wildman–Crippen MR) is 165 cm³/mol. The van der Waals surface area contributed by atoms with Crippen molar-refractivity contribution in [2.24, 2.45) is 5.92 Å². The molecule has 0 aromatic carbocycles. The van der Waals surface area contributed by atoms with Gasteiger partial charge in [-0.2, -0.15) is 0 Å². The molecule has 2 aromatic heterocycles. The molecule has 234 valence electrons. The van der Waals surface area contributed by atoms with Gasteiger partial charge in [-0.15, -0.1) is 0 Å². The minimum Gasteiger partial charge on any atom is -0.379 e. The second-order valence-electron chi connectivity index (χ2n) is 12.0. The molecule has 10 nitrogen and oxygen atoms in total. The van der Waals surface area contributed by atoms with Crippen LogP contribution in [0.25, 0.3) is 11.0 Å². The summed E-state index contributed by atoms with van der Waals surface area (Å²) in [4.78, 5) is 31.7. The molecule has 10 heteroatoms. The number of piperidine rings is 1. The van der Waals surface area contributed by atoms with Crippen LogP contribution in [0.1, 0.15) is 76.6 Å². The van der Waals surface area contributed by atoms with Gasteiger partial charge in [0.1, 0.15) is 11.4 Å². The molecule has 1 N–H and O–H groups in total. The lowest BCUT2D eigenvalue weighted by Crippen LogP contribution is -2.46. The molecule has 0 spiro atoms. The van der Waals surface area contributed by atoms with Gasteiger partial charge in [-0.25, -0.2) is 15.0 Å². The van der Waals surface area contributed by atoms with E-state index in [1.165, 1.54) is 16.6 Å². The summed E-state index contributed by atoms with van der Waals surface area (Å²) in [6.45, 7) is 12.0. The smallest absolute Gasteiger partial charge is 0.224 e. The number of nitrogens with zero attached hydrogens (tertiary/aromatic N) is 5. The minimum atomic E-state index is 0.0676. The van der Waals surface area contributed by atoms with Gasteiger partial charge in [-0.3, -0.25) is 9.59 Å². The number of amides is 1. The van der Waals surface area contributed by atoms with Crippen LogP contribution >= 0.6 is 0 Å². The number of ether oxygens (including phenoxy) is 2. The Hall–Kier alpha value is -2.37. The quantitative estimate of drug-likeness (QED) is 0.298. The first-order valence-electron chi connectivity index (χ1n) is 15.9. The Morgan fingerprint density at radius 2 is 1.81 bits per heavy atom. The van der Waals surface area contributed by atoms with Crippen molar-refractivity contribution in [3.8, 4) is 0 Å². The number of fused-ring (bicyclic) bond motifs is 3. The van der Waals surface area contributed by atoms with Gasteiger partial charge in [0.15, 0.2) is 0 Å². The number of Topliss-reactive ketones (excluding diaryl/α,β-unsaturated/α-hetero) is 1. The van der Waals surface area contributed by atoms with E-state index in [0.29, 0.717) is 57.9 Å². The topological polar surface area (TPSA) is 92.2 Å². The van der Waals surface area contributed by atoms with Crippen LogP contribution in [0.15, 0.2) is 18.3 Å². The van der Waals surface area contributed by atoms with E-state index in [1.807, 2.05) is 31.0 Å². The van der Waals surface area contributed by atoms with E-state index in [1.54, 1.807) is 0 Å².